The number of benzene rings is 1. The second-order valence-electron chi connectivity index (χ2n) is 6.99. The summed E-state index contributed by atoms with van der Waals surface area (Å²) in [6.07, 6.45) is 3.11. The van der Waals surface area contributed by atoms with Crippen LogP contribution in [0, 0.1) is 6.92 Å². The number of thiazole rings is 1. The Kier molecular flexibility index (Phi) is 4.43. The SMILES string of the molecule is Cc1nc(-c2cccc(NC(=O)CN3C(=O)NC4(CCCC4)C3=O)c2)cs1. The normalized spacial score (nSPS) is 18.2. The Bertz CT molecular complexity index is 917. The fourth-order valence-electron chi connectivity index (χ4n) is 3.73. The molecule has 0 unspecified atom stereocenters. The Morgan fingerprint density at radius 2 is 2.11 bits per heavy atom. The summed E-state index contributed by atoms with van der Waals surface area (Å²) in [6, 6.07) is 6.87. The van der Waals surface area contributed by atoms with Gasteiger partial charge in [0.1, 0.15) is 12.1 Å². The zero-order valence-electron chi connectivity index (χ0n) is 14.9. The van der Waals surface area contributed by atoms with Crippen LogP contribution in [0.3, 0.4) is 0 Å². The molecular formula is C19H20N4O3S. The van der Waals surface area contributed by atoms with Gasteiger partial charge in [-0.15, -0.1) is 11.3 Å². The van der Waals surface area contributed by atoms with Gasteiger partial charge in [0.05, 0.1) is 10.7 Å². The van der Waals surface area contributed by atoms with E-state index in [-0.39, 0.29) is 12.5 Å². The van der Waals surface area contributed by atoms with Crippen molar-refractivity contribution in [2.24, 2.45) is 0 Å². The van der Waals surface area contributed by atoms with Gasteiger partial charge < -0.3 is 10.6 Å². The molecule has 4 amide bonds. The first kappa shape index (κ1) is 17.7. The number of carbonyl (C=O) groups is 3. The van der Waals surface area contributed by atoms with Crippen LogP contribution in [-0.2, 0) is 9.59 Å². The molecule has 1 saturated heterocycles. The number of aryl methyl sites for hydroxylation is 1. The van der Waals surface area contributed by atoms with Crippen molar-refractivity contribution in [3.05, 3.63) is 34.7 Å². The number of carbonyl (C=O) groups excluding carboxylic acids is 3. The summed E-state index contributed by atoms with van der Waals surface area (Å²) in [5.41, 5.74) is 1.56. The smallest absolute Gasteiger partial charge is 0.325 e. The van der Waals surface area contributed by atoms with E-state index in [0.717, 1.165) is 34.0 Å². The summed E-state index contributed by atoms with van der Waals surface area (Å²) in [5.74, 6) is -0.688. The Morgan fingerprint density at radius 1 is 1.33 bits per heavy atom. The first-order chi connectivity index (χ1) is 13.0. The van der Waals surface area contributed by atoms with Gasteiger partial charge >= 0.3 is 6.03 Å². The molecule has 1 spiro atoms. The molecule has 2 N–H and O–H groups in total. The third-order valence-electron chi connectivity index (χ3n) is 5.07. The molecular weight excluding hydrogens is 364 g/mol. The minimum absolute atomic E-state index is 0.285. The first-order valence-corrected chi connectivity index (χ1v) is 9.81. The molecule has 2 aromatic rings. The second kappa shape index (κ2) is 6.77. The van der Waals surface area contributed by atoms with E-state index in [2.05, 4.69) is 15.6 Å². The molecule has 0 bridgehead atoms. The molecule has 4 rings (SSSR count). The number of rotatable bonds is 4. The number of nitrogens with zero attached hydrogens (tertiary/aromatic N) is 2. The van der Waals surface area contributed by atoms with Crippen LogP contribution in [0.5, 0.6) is 0 Å². The summed E-state index contributed by atoms with van der Waals surface area (Å²) in [4.78, 5) is 42.7. The number of amides is 4. The van der Waals surface area contributed by atoms with Gasteiger partial charge in [-0.1, -0.05) is 25.0 Å². The third kappa shape index (κ3) is 3.32. The standard InChI is InChI=1S/C19H20N4O3S/c1-12-20-15(11-27-12)13-5-4-6-14(9-13)21-16(24)10-23-17(25)19(22-18(23)26)7-2-3-8-19/h4-6,9,11H,2-3,7-8,10H2,1H3,(H,21,24)(H,22,26). The van der Waals surface area contributed by atoms with Crippen LogP contribution in [0.2, 0.25) is 0 Å². The fraction of sp³-hybridized carbons (Fsp3) is 0.368. The number of imide groups is 1. The minimum Gasteiger partial charge on any atom is -0.325 e. The molecule has 1 aromatic heterocycles. The molecule has 140 valence electrons. The molecule has 27 heavy (non-hydrogen) atoms. The van der Waals surface area contributed by atoms with Crippen molar-refractivity contribution >= 4 is 34.9 Å². The van der Waals surface area contributed by atoms with Gasteiger partial charge in [-0.2, -0.15) is 0 Å². The molecule has 2 heterocycles. The molecule has 0 atom stereocenters. The monoisotopic (exact) mass is 384 g/mol. The van der Waals surface area contributed by atoms with E-state index in [0.29, 0.717) is 18.5 Å². The summed E-state index contributed by atoms with van der Waals surface area (Å²) in [5, 5.41) is 8.48. The second-order valence-corrected chi connectivity index (χ2v) is 8.05. The summed E-state index contributed by atoms with van der Waals surface area (Å²) in [7, 11) is 0. The van der Waals surface area contributed by atoms with Crippen LogP contribution in [0.25, 0.3) is 11.3 Å². The van der Waals surface area contributed by atoms with Crippen LogP contribution < -0.4 is 10.6 Å². The van der Waals surface area contributed by atoms with Crippen LogP contribution in [0.15, 0.2) is 29.6 Å². The van der Waals surface area contributed by atoms with Crippen LogP contribution in [0.1, 0.15) is 30.7 Å². The van der Waals surface area contributed by atoms with Crippen molar-refractivity contribution in [1.29, 1.82) is 0 Å². The first-order valence-electron chi connectivity index (χ1n) is 8.93. The third-order valence-corrected chi connectivity index (χ3v) is 5.84. The predicted molar refractivity (Wildman–Crippen MR) is 102 cm³/mol. The van der Waals surface area contributed by atoms with Crippen LogP contribution in [-0.4, -0.2) is 39.8 Å². The van der Waals surface area contributed by atoms with E-state index >= 15 is 0 Å². The summed E-state index contributed by atoms with van der Waals surface area (Å²) in [6.45, 7) is 1.65. The Labute approximate surface area is 160 Å². The summed E-state index contributed by atoms with van der Waals surface area (Å²) < 4.78 is 0. The van der Waals surface area contributed by atoms with Crippen LogP contribution in [0.4, 0.5) is 10.5 Å². The van der Waals surface area contributed by atoms with E-state index in [9.17, 15) is 14.4 Å². The fourth-order valence-corrected chi connectivity index (χ4v) is 4.36. The Morgan fingerprint density at radius 3 is 2.81 bits per heavy atom. The molecule has 8 heteroatoms. The number of hydrogen-bond donors (Lipinski definition) is 2. The maximum absolute atomic E-state index is 12.6. The highest BCUT2D eigenvalue weighted by atomic mass is 32.1. The maximum atomic E-state index is 12.6. The molecule has 2 fully saturated rings. The molecule has 1 aliphatic carbocycles. The predicted octanol–water partition coefficient (Wildman–Crippen LogP) is 2.92. The van der Waals surface area contributed by atoms with Crippen molar-refractivity contribution in [3.8, 4) is 11.3 Å². The van der Waals surface area contributed by atoms with Crippen molar-refractivity contribution in [1.82, 2.24) is 15.2 Å². The number of aromatic nitrogens is 1. The number of nitrogens with one attached hydrogen (secondary N) is 2. The zero-order valence-corrected chi connectivity index (χ0v) is 15.8. The lowest BCUT2D eigenvalue weighted by atomic mass is 9.98. The quantitative estimate of drug-likeness (QED) is 0.793. The number of hydrogen-bond acceptors (Lipinski definition) is 5. The van der Waals surface area contributed by atoms with Crippen molar-refractivity contribution in [2.75, 3.05) is 11.9 Å². The van der Waals surface area contributed by atoms with Gasteiger partial charge in [0.25, 0.3) is 5.91 Å². The number of anilines is 1. The van der Waals surface area contributed by atoms with Gasteiger partial charge in [0.2, 0.25) is 5.91 Å². The highest BCUT2D eigenvalue weighted by Gasteiger charge is 2.52. The number of urea groups is 1. The van der Waals surface area contributed by atoms with Gasteiger partial charge in [0, 0.05) is 16.6 Å². The summed E-state index contributed by atoms with van der Waals surface area (Å²) >= 11 is 1.56. The largest absolute Gasteiger partial charge is 0.325 e. The Balaban J connectivity index is 1.44. The van der Waals surface area contributed by atoms with Crippen molar-refractivity contribution < 1.29 is 14.4 Å². The zero-order chi connectivity index (χ0) is 19.0. The van der Waals surface area contributed by atoms with E-state index in [4.69, 9.17) is 0 Å². The van der Waals surface area contributed by atoms with Gasteiger partial charge in [0.15, 0.2) is 0 Å². The average Bonchev–Trinajstić information content (AvgIpc) is 3.33. The maximum Gasteiger partial charge on any atom is 0.325 e. The van der Waals surface area contributed by atoms with Gasteiger partial charge in [-0.05, 0) is 31.9 Å². The highest BCUT2D eigenvalue weighted by Crippen LogP contribution is 2.35. The van der Waals surface area contributed by atoms with Crippen LogP contribution >= 0.6 is 11.3 Å². The minimum atomic E-state index is -0.792. The topological polar surface area (TPSA) is 91.4 Å². The molecule has 1 aliphatic heterocycles. The van der Waals surface area contributed by atoms with Crippen molar-refractivity contribution in [3.63, 3.8) is 0 Å². The molecule has 0 radical (unpaired) electrons. The van der Waals surface area contributed by atoms with Crippen molar-refractivity contribution in [2.45, 2.75) is 38.1 Å². The molecule has 1 saturated carbocycles. The lowest BCUT2D eigenvalue weighted by molar-refractivity contribution is -0.133. The van der Waals surface area contributed by atoms with Gasteiger partial charge in [-0.3, -0.25) is 14.5 Å². The molecule has 2 aliphatic rings. The average molecular weight is 384 g/mol. The van der Waals surface area contributed by atoms with E-state index in [1.54, 1.807) is 17.4 Å². The Hall–Kier alpha value is -2.74. The lowest BCUT2D eigenvalue weighted by Crippen LogP contribution is -2.44. The highest BCUT2D eigenvalue weighted by molar-refractivity contribution is 7.09. The van der Waals surface area contributed by atoms with E-state index in [1.807, 2.05) is 30.5 Å². The molecule has 1 aromatic carbocycles. The lowest BCUT2D eigenvalue weighted by Gasteiger charge is -2.19. The molecule has 7 nitrogen and oxygen atoms in total. The van der Waals surface area contributed by atoms with Gasteiger partial charge in [-0.25, -0.2) is 9.78 Å². The van der Waals surface area contributed by atoms with E-state index in [1.165, 1.54) is 0 Å². The van der Waals surface area contributed by atoms with E-state index < -0.39 is 17.5 Å².